The highest BCUT2D eigenvalue weighted by molar-refractivity contribution is 6.05. The zero-order chi connectivity index (χ0) is 28.2. The van der Waals surface area contributed by atoms with E-state index in [-0.39, 0.29) is 11.8 Å². The maximum absolute atomic E-state index is 13.1. The van der Waals surface area contributed by atoms with Crippen molar-refractivity contribution in [2.24, 2.45) is 0 Å². The van der Waals surface area contributed by atoms with Crippen LogP contribution in [0.5, 0.6) is 23.0 Å². The van der Waals surface area contributed by atoms with Gasteiger partial charge in [0.1, 0.15) is 30.4 Å². The number of benzene rings is 3. The molecule has 40 heavy (non-hydrogen) atoms. The summed E-state index contributed by atoms with van der Waals surface area (Å²) < 4.78 is 27.6. The van der Waals surface area contributed by atoms with Gasteiger partial charge in [-0.05, 0) is 73.0 Å². The highest BCUT2D eigenvalue weighted by Crippen LogP contribution is 2.25. The van der Waals surface area contributed by atoms with Gasteiger partial charge in [-0.1, -0.05) is 24.3 Å². The normalized spacial score (nSPS) is 14.8. The van der Waals surface area contributed by atoms with Crippen molar-refractivity contribution in [3.63, 3.8) is 0 Å². The molecule has 210 valence electrons. The molecule has 3 aromatic rings. The summed E-state index contributed by atoms with van der Waals surface area (Å²) in [5.74, 6) is 1.79. The predicted octanol–water partition coefficient (Wildman–Crippen LogP) is 4.23. The van der Waals surface area contributed by atoms with Crippen molar-refractivity contribution in [3.8, 4) is 23.0 Å². The van der Waals surface area contributed by atoms with Gasteiger partial charge in [0, 0.05) is 18.7 Å². The van der Waals surface area contributed by atoms with E-state index in [1.54, 1.807) is 56.7 Å². The molecule has 0 saturated carbocycles. The summed E-state index contributed by atoms with van der Waals surface area (Å²) >= 11 is 0. The van der Waals surface area contributed by atoms with E-state index in [2.05, 4.69) is 10.6 Å². The largest absolute Gasteiger partial charge is 0.497 e. The lowest BCUT2D eigenvalue weighted by atomic mass is 10.1. The number of amides is 2. The van der Waals surface area contributed by atoms with Crippen LogP contribution in [0.15, 0.2) is 78.5 Å². The topological polar surface area (TPSA) is 104 Å². The fourth-order valence-corrected chi connectivity index (χ4v) is 4.08. The van der Waals surface area contributed by atoms with Gasteiger partial charge in [0.25, 0.3) is 11.8 Å². The van der Waals surface area contributed by atoms with Crippen molar-refractivity contribution in [2.75, 3.05) is 40.6 Å². The number of ether oxygens (including phenoxy) is 5. The minimum atomic E-state index is -0.406. The fraction of sp³-hybridized carbons (Fsp3) is 0.290. The van der Waals surface area contributed by atoms with Crippen LogP contribution in [0.3, 0.4) is 0 Å². The first-order valence-corrected chi connectivity index (χ1v) is 13.1. The van der Waals surface area contributed by atoms with Crippen molar-refractivity contribution >= 4 is 17.9 Å². The molecule has 1 saturated heterocycles. The zero-order valence-corrected chi connectivity index (χ0v) is 22.7. The van der Waals surface area contributed by atoms with Crippen molar-refractivity contribution < 1.29 is 33.3 Å². The Balaban J connectivity index is 1.38. The molecule has 1 aliphatic heterocycles. The number of rotatable bonds is 13. The molecule has 4 rings (SSSR count). The standard InChI is InChI=1S/C31H34N2O7/c1-36-24-15-11-23(12-16-24)30(34)33-27(31(35)32-21-26-6-5-17-38-26)20-22-9-13-25(14-10-22)39-18-19-40-29-8-4-3-7-28(29)37-2/h3-4,7-16,20,26H,5-6,17-19,21H2,1-2H3,(H,32,35)(H,33,34)/b27-20+. The highest BCUT2D eigenvalue weighted by Gasteiger charge is 2.19. The molecule has 9 nitrogen and oxygen atoms in total. The van der Waals surface area contributed by atoms with Gasteiger partial charge in [0.05, 0.1) is 20.3 Å². The average Bonchev–Trinajstić information content (AvgIpc) is 3.52. The molecular weight excluding hydrogens is 512 g/mol. The second-order valence-electron chi connectivity index (χ2n) is 9.00. The number of nitrogens with one attached hydrogen (secondary N) is 2. The number of carbonyl (C=O) groups excluding carboxylic acids is 2. The summed E-state index contributed by atoms with van der Waals surface area (Å²) in [5, 5.41) is 5.62. The summed E-state index contributed by atoms with van der Waals surface area (Å²) in [6.45, 7) is 1.74. The monoisotopic (exact) mass is 546 g/mol. The molecule has 0 spiro atoms. The van der Waals surface area contributed by atoms with Gasteiger partial charge in [-0.25, -0.2) is 0 Å². The summed E-state index contributed by atoms with van der Waals surface area (Å²) in [6.07, 6.45) is 3.47. The van der Waals surface area contributed by atoms with Crippen LogP contribution in [0.2, 0.25) is 0 Å². The molecule has 1 atom stereocenters. The number of para-hydroxylation sites is 2. The Morgan fingerprint density at radius 1 is 0.875 bits per heavy atom. The van der Waals surface area contributed by atoms with E-state index in [1.807, 2.05) is 36.4 Å². The maximum atomic E-state index is 13.1. The van der Waals surface area contributed by atoms with Crippen molar-refractivity contribution in [2.45, 2.75) is 18.9 Å². The Morgan fingerprint density at radius 2 is 1.57 bits per heavy atom. The second kappa shape index (κ2) is 14.6. The van der Waals surface area contributed by atoms with Gasteiger partial charge in [0.15, 0.2) is 11.5 Å². The molecule has 0 bridgehead atoms. The van der Waals surface area contributed by atoms with Crippen LogP contribution in [-0.4, -0.2) is 58.5 Å². The highest BCUT2D eigenvalue weighted by atomic mass is 16.5. The van der Waals surface area contributed by atoms with Gasteiger partial charge < -0.3 is 34.3 Å². The second-order valence-corrected chi connectivity index (χ2v) is 9.00. The number of hydrogen-bond acceptors (Lipinski definition) is 7. The molecule has 1 unspecified atom stereocenters. The van der Waals surface area contributed by atoms with Gasteiger partial charge in [-0.3, -0.25) is 9.59 Å². The Hall–Kier alpha value is -4.50. The van der Waals surface area contributed by atoms with Gasteiger partial charge >= 0.3 is 0 Å². The quantitative estimate of drug-likeness (QED) is 0.244. The Labute approximate surface area is 234 Å². The molecular formula is C31H34N2O7. The number of carbonyl (C=O) groups is 2. The van der Waals surface area contributed by atoms with E-state index >= 15 is 0 Å². The first-order chi connectivity index (χ1) is 19.6. The minimum absolute atomic E-state index is 0.0223. The molecule has 1 fully saturated rings. The Morgan fingerprint density at radius 3 is 2.25 bits per heavy atom. The van der Waals surface area contributed by atoms with E-state index in [9.17, 15) is 9.59 Å². The molecule has 2 N–H and O–H groups in total. The van der Waals surface area contributed by atoms with Crippen LogP contribution >= 0.6 is 0 Å². The molecule has 3 aromatic carbocycles. The summed E-state index contributed by atoms with van der Waals surface area (Å²) in [4.78, 5) is 26.0. The van der Waals surface area contributed by atoms with E-state index in [1.165, 1.54) is 0 Å². The molecule has 1 aliphatic rings. The summed E-state index contributed by atoms with van der Waals surface area (Å²) in [5.41, 5.74) is 1.24. The van der Waals surface area contributed by atoms with Crippen LogP contribution in [0.1, 0.15) is 28.8 Å². The SMILES string of the molecule is COc1ccc(C(=O)N/C(=C/c2ccc(OCCOc3ccccc3OC)cc2)C(=O)NCC2CCCO2)cc1. The minimum Gasteiger partial charge on any atom is -0.497 e. The van der Waals surface area contributed by atoms with Gasteiger partial charge in [-0.2, -0.15) is 0 Å². The lowest BCUT2D eigenvalue weighted by Crippen LogP contribution is -2.38. The van der Waals surface area contributed by atoms with Crippen LogP contribution in [0, 0.1) is 0 Å². The molecule has 9 heteroatoms. The Kier molecular flexibility index (Phi) is 10.4. The lowest BCUT2D eigenvalue weighted by Gasteiger charge is -2.14. The van der Waals surface area contributed by atoms with Gasteiger partial charge in [-0.15, -0.1) is 0 Å². The molecule has 2 amide bonds. The molecule has 0 aliphatic carbocycles. The molecule has 0 aromatic heterocycles. The van der Waals surface area contributed by atoms with Crippen LogP contribution in [0.4, 0.5) is 0 Å². The zero-order valence-electron chi connectivity index (χ0n) is 22.7. The van der Waals surface area contributed by atoms with Gasteiger partial charge in [0.2, 0.25) is 0 Å². The van der Waals surface area contributed by atoms with E-state index in [0.717, 1.165) is 18.4 Å². The van der Waals surface area contributed by atoms with Crippen molar-refractivity contribution in [3.05, 3.63) is 89.6 Å². The fourth-order valence-electron chi connectivity index (χ4n) is 4.08. The lowest BCUT2D eigenvalue weighted by molar-refractivity contribution is -0.118. The van der Waals surface area contributed by atoms with E-state index < -0.39 is 11.8 Å². The predicted molar refractivity (Wildman–Crippen MR) is 151 cm³/mol. The third kappa shape index (κ3) is 8.25. The number of methoxy groups -OCH3 is 2. The molecule has 1 heterocycles. The Bertz CT molecular complexity index is 1280. The maximum Gasteiger partial charge on any atom is 0.267 e. The van der Waals surface area contributed by atoms with E-state index in [4.69, 9.17) is 23.7 Å². The average molecular weight is 547 g/mol. The van der Waals surface area contributed by atoms with Crippen LogP contribution in [0.25, 0.3) is 6.08 Å². The first-order valence-electron chi connectivity index (χ1n) is 13.1. The number of hydrogen-bond donors (Lipinski definition) is 2. The van der Waals surface area contributed by atoms with Crippen LogP contribution in [-0.2, 0) is 9.53 Å². The summed E-state index contributed by atoms with van der Waals surface area (Å²) in [6, 6.07) is 21.3. The van der Waals surface area contributed by atoms with Crippen molar-refractivity contribution in [1.82, 2.24) is 10.6 Å². The van der Waals surface area contributed by atoms with E-state index in [0.29, 0.717) is 54.9 Å². The third-order valence-corrected chi connectivity index (χ3v) is 6.23. The van der Waals surface area contributed by atoms with Crippen LogP contribution < -0.4 is 29.6 Å². The molecule has 0 radical (unpaired) electrons. The first kappa shape index (κ1) is 28.5. The van der Waals surface area contributed by atoms with Crippen molar-refractivity contribution in [1.29, 1.82) is 0 Å². The summed E-state index contributed by atoms with van der Waals surface area (Å²) in [7, 11) is 3.15. The third-order valence-electron chi connectivity index (χ3n) is 6.23. The smallest absolute Gasteiger partial charge is 0.267 e.